The molecule has 1 aromatic carbocycles. The molecule has 0 amide bonds. The van der Waals surface area contributed by atoms with Crippen LogP contribution in [-0.4, -0.2) is 11.9 Å². The predicted octanol–water partition coefficient (Wildman–Crippen LogP) is 4.80. The van der Waals surface area contributed by atoms with Crippen molar-refractivity contribution in [2.75, 3.05) is 6.16 Å². The Balaban J connectivity index is 2.85. The smallest absolute Gasteiger partial charge is 0.163 e. The summed E-state index contributed by atoms with van der Waals surface area (Å²) in [4.78, 5) is 12.6. The highest BCUT2D eigenvalue weighted by Gasteiger charge is 2.25. The standard InChI is InChI=1S/C17H27OP/c1-12(11-19)9-17(4,5)10-15(18)16-13(2)7-6-8-14(16)3/h6-8,12H,9-11,19H2,1-5H3. The lowest BCUT2D eigenvalue weighted by Crippen LogP contribution is -2.21. The summed E-state index contributed by atoms with van der Waals surface area (Å²) in [6, 6.07) is 6.07. The van der Waals surface area contributed by atoms with Crippen LogP contribution in [0.15, 0.2) is 18.2 Å². The van der Waals surface area contributed by atoms with E-state index in [1.807, 2.05) is 32.0 Å². The van der Waals surface area contributed by atoms with Crippen LogP contribution in [-0.2, 0) is 0 Å². The fraction of sp³-hybridized carbons (Fsp3) is 0.588. The topological polar surface area (TPSA) is 17.1 Å². The van der Waals surface area contributed by atoms with Crippen molar-refractivity contribution in [2.45, 2.75) is 47.5 Å². The maximum absolute atomic E-state index is 12.6. The van der Waals surface area contributed by atoms with Gasteiger partial charge in [0.25, 0.3) is 0 Å². The Morgan fingerprint density at radius 1 is 1.26 bits per heavy atom. The maximum atomic E-state index is 12.6. The van der Waals surface area contributed by atoms with E-state index in [4.69, 9.17) is 0 Å². The number of rotatable bonds is 6. The molecule has 0 saturated carbocycles. The zero-order valence-corrected chi connectivity index (χ0v) is 14.1. The van der Waals surface area contributed by atoms with Gasteiger partial charge in [-0.3, -0.25) is 4.79 Å². The Morgan fingerprint density at radius 2 is 1.79 bits per heavy atom. The molecule has 19 heavy (non-hydrogen) atoms. The van der Waals surface area contributed by atoms with Gasteiger partial charge in [-0.15, -0.1) is 9.24 Å². The fourth-order valence-electron chi connectivity index (χ4n) is 2.88. The molecule has 0 aromatic heterocycles. The van der Waals surface area contributed by atoms with Crippen molar-refractivity contribution in [3.63, 3.8) is 0 Å². The molecule has 1 rings (SSSR count). The second-order valence-corrected chi connectivity index (χ2v) is 7.05. The third-order valence-electron chi connectivity index (χ3n) is 3.70. The van der Waals surface area contributed by atoms with Crippen molar-refractivity contribution >= 4 is 15.0 Å². The van der Waals surface area contributed by atoms with Crippen LogP contribution in [0.25, 0.3) is 0 Å². The van der Waals surface area contributed by atoms with Gasteiger partial charge in [0.2, 0.25) is 0 Å². The Labute approximate surface area is 120 Å². The molecule has 0 aliphatic rings. The highest BCUT2D eigenvalue weighted by molar-refractivity contribution is 7.16. The quantitative estimate of drug-likeness (QED) is 0.539. The molecule has 1 aromatic rings. The van der Waals surface area contributed by atoms with E-state index in [1.54, 1.807) is 0 Å². The van der Waals surface area contributed by atoms with Crippen molar-refractivity contribution < 1.29 is 4.79 Å². The van der Waals surface area contributed by atoms with Gasteiger partial charge in [-0.1, -0.05) is 39.0 Å². The summed E-state index contributed by atoms with van der Waals surface area (Å²) in [5, 5.41) is 0. The second-order valence-electron chi connectivity index (χ2n) is 6.58. The number of ketones is 1. The zero-order chi connectivity index (χ0) is 14.6. The lowest BCUT2D eigenvalue weighted by atomic mass is 9.78. The first-order chi connectivity index (χ1) is 8.76. The van der Waals surface area contributed by atoms with Gasteiger partial charge < -0.3 is 0 Å². The Morgan fingerprint density at radius 3 is 2.26 bits per heavy atom. The molecule has 2 unspecified atom stereocenters. The van der Waals surface area contributed by atoms with Crippen LogP contribution in [0.2, 0.25) is 0 Å². The van der Waals surface area contributed by atoms with Crippen LogP contribution in [0.5, 0.6) is 0 Å². The number of carbonyl (C=O) groups is 1. The normalized spacial score (nSPS) is 13.4. The van der Waals surface area contributed by atoms with Crippen molar-refractivity contribution in [2.24, 2.45) is 11.3 Å². The molecule has 0 fully saturated rings. The van der Waals surface area contributed by atoms with E-state index in [0.29, 0.717) is 12.3 Å². The lowest BCUT2D eigenvalue weighted by molar-refractivity contribution is 0.0916. The summed E-state index contributed by atoms with van der Waals surface area (Å²) in [6.07, 6.45) is 2.82. The van der Waals surface area contributed by atoms with E-state index in [0.717, 1.165) is 29.3 Å². The van der Waals surface area contributed by atoms with Crippen LogP contribution in [0.4, 0.5) is 0 Å². The van der Waals surface area contributed by atoms with E-state index in [1.165, 1.54) is 0 Å². The summed E-state index contributed by atoms with van der Waals surface area (Å²) in [5.41, 5.74) is 3.19. The van der Waals surface area contributed by atoms with Gasteiger partial charge in [0.05, 0.1) is 0 Å². The van der Waals surface area contributed by atoms with Crippen molar-refractivity contribution in [3.8, 4) is 0 Å². The molecule has 0 saturated heterocycles. The Bertz CT molecular complexity index is 428. The molecule has 0 aliphatic carbocycles. The second kappa shape index (κ2) is 6.66. The SMILES string of the molecule is Cc1cccc(C)c1C(=O)CC(C)(C)CC(C)CP. The molecule has 0 bridgehead atoms. The lowest BCUT2D eigenvalue weighted by Gasteiger charge is -2.27. The molecular formula is C17H27OP. The average molecular weight is 278 g/mol. The van der Waals surface area contributed by atoms with E-state index in [-0.39, 0.29) is 11.2 Å². The molecule has 0 N–H and O–H groups in total. The fourth-order valence-corrected chi connectivity index (χ4v) is 3.04. The van der Waals surface area contributed by atoms with Crippen molar-refractivity contribution in [3.05, 3.63) is 34.9 Å². The van der Waals surface area contributed by atoms with Crippen LogP contribution in [0.3, 0.4) is 0 Å². The summed E-state index contributed by atoms with van der Waals surface area (Å²) in [7, 11) is 2.79. The summed E-state index contributed by atoms with van der Waals surface area (Å²) in [6.45, 7) is 10.7. The van der Waals surface area contributed by atoms with E-state index in [9.17, 15) is 4.79 Å². The van der Waals surface area contributed by atoms with Gasteiger partial charge >= 0.3 is 0 Å². The highest BCUT2D eigenvalue weighted by Crippen LogP contribution is 2.32. The third kappa shape index (κ3) is 4.73. The van der Waals surface area contributed by atoms with Gasteiger partial charge in [-0.05, 0) is 48.9 Å². The first kappa shape index (κ1) is 16.4. The van der Waals surface area contributed by atoms with Gasteiger partial charge in [-0.25, -0.2) is 0 Å². The largest absolute Gasteiger partial charge is 0.294 e. The monoisotopic (exact) mass is 278 g/mol. The number of aryl methyl sites for hydroxylation is 2. The number of carbonyl (C=O) groups excluding carboxylic acids is 1. The van der Waals surface area contributed by atoms with Crippen LogP contribution >= 0.6 is 9.24 Å². The van der Waals surface area contributed by atoms with Crippen molar-refractivity contribution in [1.82, 2.24) is 0 Å². The molecule has 0 radical (unpaired) electrons. The number of Topliss-reactive ketones (excluding diaryl/α,β-unsaturated/α-hetero) is 1. The molecule has 2 atom stereocenters. The molecule has 0 spiro atoms. The minimum absolute atomic E-state index is 0.0712. The Kier molecular flexibility index (Phi) is 5.74. The maximum Gasteiger partial charge on any atom is 0.163 e. The average Bonchev–Trinajstić information content (AvgIpc) is 2.27. The first-order valence-electron chi connectivity index (χ1n) is 7.06. The molecule has 2 heteroatoms. The molecule has 106 valence electrons. The number of hydrogen-bond donors (Lipinski definition) is 0. The minimum Gasteiger partial charge on any atom is -0.294 e. The van der Waals surface area contributed by atoms with E-state index >= 15 is 0 Å². The van der Waals surface area contributed by atoms with Gasteiger partial charge in [0.1, 0.15) is 0 Å². The number of benzene rings is 1. The molecule has 1 nitrogen and oxygen atoms in total. The van der Waals surface area contributed by atoms with Gasteiger partial charge in [-0.2, -0.15) is 0 Å². The summed E-state index contributed by atoms with van der Waals surface area (Å²) < 4.78 is 0. The minimum atomic E-state index is 0.0712. The van der Waals surface area contributed by atoms with Gasteiger partial charge in [0, 0.05) is 12.0 Å². The summed E-state index contributed by atoms with van der Waals surface area (Å²) in [5.74, 6) is 0.933. The third-order valence-corrected chi connectivity index (χ3v) is 4.51. The predicted molar refractivity (Wildman–Crippen MR) is 87.0 cm³/mol. The highest BCUT2D eigenvalue weighted by atomic mass is 31.0. The molecule has 0 aliphatic heterocycles. The van der Waals surface area contributed by atoms with E-state index < -0.39 is 0 Å². The van der Waals surface area contributed by atoms with Gasteiger partial charge in [0.15, 0.2) is 5.78 Å². The van der Waals surface area contributed by atoms with E-state index in [2.05, 4.69) is 30.0 Å². The molecular weight excluding hydrogens is 251 g/mol. The first-order valence-corrected chi connectivity index (χ1v) is 7.88. The summed E-state index contributed by atoms with van der Waals surface area (Å²) >= 11 is 0. The van der Waals surface area contributed by atoms with Crippen LogP contribution < -0.4 is 0 Å². The number of hydrogen-bond acceptors (Lipinski definition) is 1. The molecule has 0 heterocycles. The zero-order valence-electron chi connectivity index (χ0n) is 12.9. The van der Waals surface area contributed by atoms with Crippen LogP contribution in [0.1, 0.15) is 55.1 Å². The van der Waals surface area contributed by atoms with Crippen LogP contribution in [0, 0.1) is 25.2 Å². The van der Waals surface area contributed by atoms with Crippen molar-refractivity contribution in [1.29, 1.82) is 0 Å². The Hall–Kier alpha value is -0.680.